The Kier molecular flexibility index (Phi) is 3.07. The van der Waals surface area contributed by atoms with Gasteiger partial charge in [-0.3, -0.25) is 0 Å². The Morgan fingerprint density at radius 2 is 2.00 bits per heavy atom. The molecule has 0 aliphatic heterocycles. The summed E-state index contributed by atoms with van der Waals surface area (Å²) in [5.74, 6) is 2.02. The number of nitrogens with zero attached hydrogens (tertiary/aromatic N) is 5. The van der Waals surface area contributed by atoms with E-state index in [0.29, 0.717) is 11.7 Å². The highest BCUT2D eigenvalue weighted by atomic mass is 32.1. The van der Waals surface area contributed by atoms with Crippen LogP contribution in [0.4, 0.5) is 5.82 Å². The number of pyridine rings is 1. The first-order valence-electron chi connectivity index (χ1n) is 7.25. The molecule has 1 fully saturated rings. The van der Waals surface area contributed by atoms with Crippen molar-refractivity contribution in [3.8, 4) is 10.6 Å². The molecule has 1 aliphatic carbocycles. The standard InChI is InChI=1S/C14H16N6S/c15-11-7-6-10(8-16-11)13-19-20-12(17-18-14(20)21-13)9-4-2-1-3-5-9/h6-9H,1-5H2,(H2,15,16). The number of aromatic nitrogens is 5. The predicted octanol–water partition coefficient (Wildman–Crippen LogP) is 2.88. The molecular weight excluding hydrogens is 284 g/mol. The van der Waals surface area contributed by atoms with Crippen molar-refractivity contribution in [2.45, 2.75) is 38.0 Å². The predicted molar refractivity (Wildman–Crippen MR) is 82.1 cm³/mol. The van der Waals surface area contributed by atoms with Crippen molar-refractivity contribution < 1.29 is 0 Å². The van der Waals surface area contributed by atoms with Crippen LogP contribution in [0, 0.1) is 0 Å². The Morgan fingerprint density at radius 1 is 1.14 bits per heavy atom. The topological polar surface area (TPSA) is 82.0 Å². The zero-order chi connectivity index (χ0) is 14.2. The van der Waals surface area contributed by atoms with Gasteiger partial charge in [0.15, 0.2) is 5.82 Å². The summed E-state index contributed by atoms with van der Waals surface area (Å²) in [4.78, 5) is 4.97. The van der Waals surface area contributed by atoms with Crippen molar-refractivity contribution in [2.75, 3.05) is 5.73 Å². The van der Waals surface area contributed by atoms with E-state index in [2.05, 4.69) is 20.3 Å². The van der Waals surface area contributed by atoms with Crippen molar-refractivity contribution in [3.05, 3.63) is 24.2 Å². The van der Waals surface area contributed by atoms with Crippen LogP contribution in [0.15, 0.2) is 18.3 Å². The molecule has 6 nitrogen and oxygen atoms in total. The molecule has 3 aromatic heterocycles. The molecule has 2 N–H and O–H groups in total. The minimum Gasteiger partial charge on any atom is -0.384 e. The van der Waals surface area contributed by atoms with Gasteiger partial charge in [0.25, 0.3) is 0 Å². The van der Waals surface area contributed by atoms with Crippen LogP contribution in [0.2, 0.25) is 0 Å². The van der Waals surface area contributed by atoms with Gasteiger partial charge in [-0.2, -0.15) is 9.61 Å². The summed E-state index contributed by atoms with van der Waals surface area (Å²) in [6.45, 7) is 0. The molecule has 0 unspecified atom stereocenters. The fraction of sp³-hybridized carbons (Fsp3) is 0.429. The van der Waals surface area contributed by atoms with Gasteiger partial charge in [0.05, 0.1) is 0 Å². The SMILES string of the molecule is Nc1ccc(-c2nn3c(C4CCCCC4)nnc3s2)cn1. The second-order valence-corrected chi connectivity index (χ2v) is 6.42. The van der Waals surface area contributed by atoms with E-state index in [1.165, 1.54) is 43.4 Å². The Bertz CT molecular complexity index is 753. The molecular formula is C14H16N6S. The van der Waals surface area contributed by atoms with Gasteiger partial charge in [0.2, 0.25) is 4.96 Å². The highest BCUT2D eigenvalue weighted by Crippen LogP contribution is 2.33. The lowest BCUT2D eigenvalue weighted by Crippen LogP contribution is -2.09. The molecule has 7 heteroatoms. The van der Waals surface area contributed by atoms with Crippen molar-refractivity contribution in [1.82, 2.24) is 24.8 Å². The number of hydrogen-bond acceptors (Lipinski definition) is 6. The monoisotopic (exact) mass is 300 g/mol. The van der Waals surface area contributed by atoms with Gasteiger partial charge in [-0.05, 0) is 25.0 Å². The molecule has 0 spiro atoms. The average Bonchev–Trinajstić information content (AvgIpc) is 3.09. The van der Waals surface area contributed by atoms with Gasteiger partial charge in [0.1, 0.15) is 10.8 Å². The van der Waals surface area contributed by atoms with Crippen molar-refractivity contribution in [1.29, 1.82) is 0 Å². The van der Waals surface area contributed by atoms with E-state index in [-0.39, 0.29) is 0 Å². The molecule has 0 radical (unpaired) electrons. The van der Waals surface area contributed by atoms with E-state index < -0.39 is 0 Å². The highest BCUT2D eigenvalue weighted by Gasteiger charge is 2.23. The molecule has 0 saturated heterocycles. The maximum Gasteiger partial charge on any atom is 0.234 e. The third-order valence-electron chi connectivity index (χ3n) is 4.02. The van der Waals surface area contributed by atoms with Crippen LogP contribution in [-0.2, 0) is 0 Å². The maximum atomic E-state index is 5.63. The smallest absolute Gasteiger partial charge is 0.234 e. The van der Waals surface area contributed by atoms with E-state index in [1.54, 1.807) is 12.3 Å². The lowest BCUT2D eigenvalue weighted by molar-refractivity contribution is 0.423. The molecule has 21 heavy (non-hydrogen) atoms. The fourth-order valence-corrected chi connectivity index (χ4v) is 3.73. The highest BCUT2D eigenvalue weighted by molar-refractivity contribution is 7.19. The number of anilines is 1. The van der Waals surface area contributed by atoms with E-state index in [0.717, 1.165) is 21.4 Å². The third kappa shape index (κ3) is 2.27. The van der Waals surface area contributed by atoms with Crippen LogP contribution in [0.5, 0.6) is 0 Å². The normalized spacial score (nSPS) is 16.6. The number of nitrogen functional groups attached to an aromatic ring is 1. The van der Waals surface area contributed by atoms with Gasteiger partial charge < -0.3 is 5.73 Å². The fourth-order valence-electron chi connectivity index (χ4n) is 2.90. The van der Waals surface area contributed by atoms with Crippen LogP contribution in [0.25, 0.3) is 15.5 Å². The van der Waals surface area contributed by atoms with Crippen molar-refractivity contribution >= 4 is 22.1 Å². The first kappa shape index (κ1) is 12.7. The summed E-state index contributed by atoms with van der Waals surface area (Å²) in [7, 11) is 0. The molecule has 108 valence electrons. The summed E-state index contributed by atoms with van der Waals surface area (Å²) in [5.41, 5.74) is 6.59. The summed E-state index contributed by atoms with van der Waals surface area (Å²) in [5, 5.41) is 14.2. The second-order valence-electron chi connectivity index (χ2n) is 5.47. The quantitative estimate of drug-likeness (QED) is 0.787. The lowest BCUT2D eigenvalue weighted by Gasteiger charge is -2.18. The largest absolute Gasteiger partial charge is 0.384 e. The first-order valence-corrected chi connectivity index (χ1v) is 8.07. The summed E-state index contributed by atoms with van der Waals surface area (Å²) in [6.07, 6.45) is 8.02. The van der Waals surface area contributed by atoms with Crippen LogP contribution in [-0.4, -0.2) is 24.8 Å². The Morgan fingerprint density at radius 3 is 2.76 bits per heavy atom. The molecule has 0 bridgehead atoms. The second kappa shape index (κ2) is 5.07. The molecule has 1 aliphatic rings. The van der Waals surface area contributed by atoms with Crippen molar-refractivity contribution in [3.63, 3.8) is 0 Å². The molecule has 3 aromatic rings. The van der Waals surface area contributed by atoms with Gasteiger partial charge in [-0.25, -0.2) is 4.98 Å². The molecule has 4 rings (SSSR count). The van der Waals surface area contributed by atoms with Gasteiger partial charge >= 0.3 is 0 Å². The summed E-state index contributed by atoms with van der Waals surface area (Å²) >= 11 is 1.54. The lowest BCUT2D eigenvalue weighted by atomic mass is 9.89. The minimum atomic E-state index is 0.494. The number of nitrogens with two attached hydrogens (primary N) is 1. The van der Waals surface area contributed by atoms with E-state index in [9.17, 15) is 0 Å². The third-order valence-corrected chi connectivity index (χ3v) is 4.97. The van der Waals surface area contributed by atoms with Gasteiger partial charge in [-0.1, -0.05) is 30.6 Å². The van der Waals surface area contributed by atoms with Crippen LogP contribution >= 0.6 is 11.3 Å². The Balaban J connectivity index is 1.73. The maximum absolute atomic E-state index is 5.63. The van der Waals surface area contributed by atoms with Gasteiger partial charge in [-0.15, -0.1) is 10.2 Å². The Labute approximate surface area is 126 Å². The first-order chi connectivity index (χ1) is 10.3. The summed E-state index contributed by atoms with van der Waals surface area (Å²) in [6, 6.07) is 3.73. The van der Waals surface area contributed by atoms with Gasteiger partial charge in [0, 0.05) is 17.7 Å². The molecule has 0 aromatic carbocycles. The van der Waals surface area contributed by atoms with E-state index in [1.807, 2.05) is 10.6 Å². The zero-order valence-electron chi connectivity index (χ0n) is 11.6. The Hall–Kier alpha value is -2.02. The van der Waals surface area contributed by atoms with Crippen molar-refractivity contribution in [2.24, 2.45) is 0 Å². The number of fused-ring (bicyclic) bond motifs is 1. The van der Waals surface area contributed by atoms with Crippen LogP contribution in [0.1, 0.15) is 43.8 Å². The summed E-state index contributed by atoms with van der Waals surface area (Å²) < 4.78 is 1.91. The molecule has 1 saturated carbocycles. The zero-order valence-corrected chi connectivity index (χ0v) is 12.4. The molecule has 0 atom stereocenters. The van der Waals surface area contributed by atoms with Crippen LogP contribution in [0.3, 0.4) is 0 Å². The number of hydrogen-bond donors (Lipinski definition) is 1. The molecule has 0 amide bonds. The average molecular weight is 300 g/mol. The van der Waals surface area contributed by atoms with Crippen LogP contribution < -0.4 is 5.73 Å². The van der Waals surface area contributed by atoms with E-state index >= 15 is 0 Å². The van der Waals surface area contributed by atoms with E-state index in [4.69, 9.17) is 5.73 Å². The molecule has 3 heterocycles. The number of rotatable bonds is 2. The minimum absolute atomic E-state index is 0.494.